The number of carbonyl (C=O) groups excluding carboxylic acids is 2. The summed E-state index contributed by atoms with van der Waals surface area (Å²) >= 11 is 1.35. The van der Waals surface area contributed by atoms with Gasteiger partial charge in [0, 0.05) is 23.3 Å². The number of amides is 2. The molecule has 3 rings (SSSR count). The van der Waals surface area contributed by atoms with Gasteiger partial charge in [-0.1, -0.05) is 12.1 Å². The topological polar surface area (TPSA) is 98.0 Å². The molecule has 0 aliphatic heterocycles. The van der Waals surface area contributed by atoms with Crippen molar-refractivity contribution in [3.05, 3.63) is 65.4 Å². The monoisotopic (exact) mass is 324 g/mol. The van der Waals surface area contributed by atoms with Crippen LogP contribution in [-0.2, 0) is 0 Å². The minimum absolute atomic E-state index is 0.253. The summed E-state index contributed by atoms with van der Waals surface area (Å²) < 4.78 is 0. The van der Waals surface area contributed by atoms with Crippen LogP contribution in [0.3, 0.4) is 0 Å². The van der Waals surface area contributed by atoms with Gasteiger partial charge in [-0.25, -0.2) is 4.98 Å². The van der Waals surface area contributed by atoms with E-state index < -0.39 is 11.8 Å². The number of rotatable bonds is 4. The van der Waals surface area contributed by atoms with E-state index in [1.165, 1.54) is 11.3 Å². The molecule has 7 heteroatoms. The van der Waals surface area contributed by atoms with E-state index in [4.69, 9.17) is 5.73 Å². The fourth-order valence-electron chi connectivity index (χ4n) is 1.99. The number of nitrogens with two attached hydrogens (primary N) is 1. The van der Waals surface area contributed by atoms with Gasteiger partial charge in [-0.05, 0) is 24.3 Å². The van der Waals surface area contributed by atoms with E-state index in [0.29, 0.717) is 10.7 Å². The first-order valence-electron chi connectivity index (χ1n) is 6.71. The Morgan fingerprint density at radius 2 is 1.96 bits per heavy atom. The number of carbonyl (C=O) groups is 2. The fraction of sp³-hybridized carbons (Fsp3) is 0. The summed E-state index contributed by atoms with van der Waals surface area (Å²) in [5, 5.41) is 5.02. The van der Waals surface area contributed by atoms with Crippen molar-refractivity contribution in [3.8, 4) is 10.6 Å². The van der Waals surface area contributed by atoms with Gasteiger partial charge in [0.05, 0.1) is 11.3 Å². The Labute approximate surface area is 136 Å². The first kappa shape index (κ1) is 14.9. The summed E-state index contributed by atoms with van der Waals surface area (Å²) in [6.45, 7) is 0. The van der Waals surface area contributed by atoms with Crippen molar-refractivity contribution in [3.63, 3.8) is 0 Å². The van der Waals surface area contributed by atoms with Gasteiger partial charge in [0.25, 0.3) is 11.8 Å². The van der Waals surface area contributed by atoms with Crippen LogP contribution in [0.2, 0.25) is 0 Å². The van der Waals surface area contributed by atoms with E-state index in [1.54, 1.807) is 48.1 Å². The SMILES string of the molecule is NC(=O)c1ccccc1NC(=O)c1csc(-c2cccnc2)n1. The molecule has 2 amide bonds. The van der Waals surface area contributed by atoms with Crippen molar-refractivity contribution in [1.29, 1.82) is 0 Å². The molecule has 0 atom stereocenters. The average Bonchev–Trinajstić information content (AvgIpc) is 3.06. The molecule has 23 heavy (non-hydrogen) atoms. The van der Waals surface area contributed by atoms with E-state index in [9.17, 15) is 9.59 Å². The maximum Gasteiger partial charge on any atom is 0.275 e. The van der Waals surface area contributed by atoms with E-state index in [1.807, 2.05) is 6.07 Å². The zero-order valence-electron chi connectivity index (χ0n) is 11.9. The summed E-state index contributed by atoms with van der Waals surface area (Å²) in [7, 11) is 0. The van der Waals surface area contributed by atoms with Crippen LogP contribution in [0.5, 0.6) is 0 Å². The summed E-state index contributed by atoms with van der Waals surface area (Å²) in [6.07, 6.45) is 3.36. The van der Waals surface area contributed by atoms with E-state index >= 15 is 0 Å². The van der Waals surface area contributed by atoms with E-state index in [2.05, 4.69) is 15.3 Å². The van der Waals surface area contributed by atoms with Gasteiger partial charge in [-0.15, -0.1) is 11.3 Å². The second kappa shape index (κ2) is 6.37. The number of nitrogens with one attached hydrogen (secondary N) is 1. The van der Waals surface area contributed by atoms with Crippen LogP contribution in [0.4, 0.5) is 5.69 Å². The summed E-state index contributed by atoms with van der Waals surface area (Å²) in [4.78, 5) is 32.0. The van der Waals surface area contributed by atoms with Crippen LogP contribution in [0, 0.1) is 0 Å². The average molecular weight is 324 g/mol. The Balaban J connectivity index is 1.83. The quantitative estimate of drug-likeness (QED) is 0.770. The van der Waals surface area contributed by atoms with Crippen molar-refractivity contribution in [2.75, 3.05) is 5.32 Å². The summed E-state index contributed by atoms with van der Waals surface area (Å²) in [5.74, 6) is -1.000. The Morgan fingerprint density at radius 1 is 1.13 bits per heavy atom. The van der Waals surface area contributed by atoms with Gasteiger partial charge < -0.3 is 11.1 Å². The number of hydrogen-bond acceptors (Lipinski definition) is 5. The zero-order valence-corrected chi connectivity index (χ0v) is 12.7. The normalized spacial score (nSPS) is 10.3. The Morgan fingerprint density at radius 3 is 2.70 bits per heavy atom. The summed E-state index contributed by atoms with van der Waals surface area (Å²) in [6, 6.07) is 10.2. The number of pyridine rings is 1. The van der Waals surface area contributed by atoms with Gasteiger partial charge in [0.1, 0.15) is 10.7 Å². The van der Waals surface area contributed by atoms with Crippen molar-refractivity contribution in [1.82, 2.24) is 9.97 Å². The number of benzene rings is 1. The molecule has 2 heterocycles. The molecule has 0 unspecified atom stereocenters. The van der Waals surface area contributed by atoms with Gasteiger partial charge in [-0.2, -0.15) is 0 Å². The van der Waals surface area contributed by atoms with Gasteiger partial charge in [-0.3, -0.25) is 14.6 Å². The number of aromatic nitrogens is 2. The third-order valence-electron chi connectivity index (χ3n) is 3.09. The molecule has 0 aliphatic carbocycles. The Bertz CT molecular complexity index is 861. The molecule has 0 saturated heterocycles. The molecule has 0 bridgehead atoms. The summed E-state index contributed by atoms with van der Waals surface area (Å²) in [5.41, 5.74) is 7.03. The fourth-order valence-corrected chi connectivity index (χ4v) is 2.78. The molecule has 6 nitrogen and oxygen atoms in total. The Hall–Kier alpha value is -3.06. The number of para-hydroxylation sites is 1. The first-order valence-corrected chi connectivity index (χ1v) is 7.59. The highest BCUT2D eigenvalue weighted by Gasteiger charge is 2.15. The molecule has 2 aromatic heterocycles. The molecular weight excluding hydrogens is 312 g/mol. The number of primary amides is 1. The largest absolute Gasteiger partial charge is 0.366 e. The molecular formula is C16H12N4O2S. The molecule has 114 valence electrons. The van der Waals surface area contributed by atoms with Crippen LogP contribution < -0.4 is 11.1 Å². The van der Waals surface area contributed by atoms with Crippen molar-refractivity contribution in [2.45, 2.75) is 0 Å². The smallest absolute Gasteiger partial charge is 0.275 e. The highest BCUT2D eigenvalue weighted by molar-refractivity contribution is 7.13. The molecule has 1 aromatic carbocycles. The minimum Gasteiger partial charge on any atom is -0.366 e. The lowest BCUT2D eigenvalue weighted by atomic mass is 10.1. The van der Waals surface area contributed by atoms with Crippen LogP contribution >= 0.6 is 11.3 Å². The van der Waals surface area contributed by atoms with Crippen molar-refractivity contribution in [2.24, 2.45) is 5.73 Å². The number of anilines is 1. The van der Waals surface area contributed by atoms with Crippen LogP contribution in [0.25, 0.3) is 10.6 Å². The first-order chi connectivity index (χ1) is 11.1. The number of hydrogen-bond donors (Lipinski definition) is 2. The number of thiazole rings is 1. The molecule has 0 radical (unpaired) electrons. The predicted molar refractivity (Wildman–Crippen MR) is 88.3 cm³/mol. The zero-order chi connectivity index (χ0) is 16.2. The van der Waals surface area contributed by atoms with Gasteiger partial charge in [0.15, 0.2) is 0 Å². The van der Waals surface area contributed by atoms with E-state index in [0.717, 1.165) is 5.56 Å². The highest BCUT2D eigenvalue weighted by atomic mass is 32.1. The number of nitrogens with zero attached hydrogens (tertiary/aromatic N) is 2. The lowest BCUT2D eigenvalue weighted by Gasteiger charge is -2.07. The third-order valence-corrected chi connectivity index (χ3v) is 3.98. The molecule has 0 spiro atoms. The standard InChI is InChI=1S/C16H12N4O2S/c17-14(21)11-5-1-2-6-12(11)19-15(22)13-9-23-16(20-13)10-4-3-7-18-8-10/h1-9H,(H2,17,21)(H,19,22). The minimum atomic E-state index is -0.602. The second-order valence-corrected chi connectivity index (χ2v) is 5.50. The maximum absolute atomic E-state index is 12.3. The lowest BCUT2D eigenvalue weighted by molar-refractivity contribution is 0.100. The van der Waals surface area contributed by atoms with Gasteiger partial charge >= 0.3 is 0 Å². The maximum atomic E-state index is 12.3. The third kappa shape index (κ3) is 3.24. The van der Waals surface area contributed by atoms with Crippen molar-refractivity contribution >= 4 is 28.8 Å². The van der Waals surface area contributed by atoms with Crippen molar-refractivity contribution < 1.29 is 9.59 Å². The lowest BCUT2D eigenvalue weighted by Crippen LogP contribution is -2.18. The van der Waals surface area contributed by atoms with Gasteiger partial charge in [0.2, 0.25) is 0 Å². The highest BCUT2D eigenvalue weighted by Crippen LogP contribution is 2.23. The predicted octanol–water partition coefficient (Wildman–Crippen LogP) is 2.56. The molecule has 0 fully saturated rings. The Kier molecular flexibility index (Phi) is 4.11. The van der Waals surface area contributed by atoms with Crippen LogP contribution in [-0.4, -0.2) is 21.8 Å². The van der Waals surface area contributed by atoms with Crippen LogP contribution in [0.15, 0.2) is 54.2 Å². The van der Waals surface area contributed by atoms with Crippen LogP contribution in [0.1, 0.15) is 20.8 Å². The molecule has 3 N–H and O–H groups in total. The molecule has 3 aromatic rings. The second-order valence-electron chi connectivity index (χ2n) is 4.64. The molecule has 0 saturated carbocycles. The molecule has 0 aliphatic rings. The van der Waals surface area contributed by atoms with E-state index in [-0.39, 0.29) is 11.3 Å².